The van der Waals surface area contributed by atoms with Crippen LogP contribution < -0.4 is 15.0 Å². The number of phenolic OH excluding ortho intramolecular Hbond substituents is 1. The lowest BCUT2D eigenvalue weighted by molar-refractivity contribution is 0.109. The van der Waals surface area contributed by atoms with Crippen LogP contribution in [-0.2, 0) is 6.42 Å². The number of aromatic hydroxyl groups is 1. The summed E-state index contributed by atoms with van der Waals surface area (Å²) in [6, 6.07) is 7.04. The molecular weight excluding hydrogens is 598 g/mol. The van der Waals surface area contributed by atoms with Crippen molar-refractivity contribution in [3.63, 3.8) is 0 Å². The van der Waals surface area contributed by atoms with Gasteiger partial charge in [0.2, 0.25) is 0 Å². The third kappa shape index (κ3) is 5.23. The number of ether oxygens (including phenoxy) is 1. The highest BCUT2D eigenvalue weighted by Gasteiger charge is 2.37. The van der Waals surface area contributed by atoms with Crippen molar-refractivity contribution in [2.45, 2.75) is 51.6 Å². The Morgan fingerprint density at radius 1 is 1.09 bits per heavy atom. The van der Waals surface area contributed by atoms with Crippen molar-refractivity contribution in [1.82, 2.24) is 20.2 Å². The number of fused-ring (bicyclic) bond motifs is 4. The molecule has 7 nitrogen and oxygen atoms in total. The van der Waals surface area contributed by atoms with Gasteiger partial charge in [-0.25, -0.2) is 17.6 Å². The van der Waals surface area contributed by atoms with Crippen molar-refractivity contribution in [3.8, 4) is 22.9 Å². The lowest BCUT2D eigenvalue weighted by Gasteiger charge is -2.40. The Morgan fingerprint density at radius 3 is 2.57 bits per heavy atom. The first-order valence-corrected chi connectivity index (χ1v) is 15.8. The SMILES string of the molecule is CCc1c(F)ccc2cc(O)cc(-c3c(F)cc4c(N5C[C@H]6CC[C@@H](C5)N6)nc(OC[C@]5(C)CN(C)CC/C5=C\F)nc4c3F)c12. The molecule has 46 heavy (non-hydrogen) atoms. The zero-order chi connectivity index (χ0) is 32.3. The van der Waals surface area contributed by atoms with Gasteiger partial charge in [-0.15, -0.1) is 0 Å². The summed E-state index contributed by atoms with van der Waals surface area (Å²) < 4.78 is 68.2. The third-order valence-electron chi connectivity index (χ3n) is 9.94. The van der Waals surface area contributed by atoms with Gasteiger partial charge in [-0.05, 0) is 84.5 Å². The van der Waals surface area contributed by atoms with Gasteiger partial charge in [0.25, 0.3) is 0 Å². The first-order valence-electron chi connectivity index (χ1n) is 15.8. The third-order valence-corrected chi connectivity index (χ3v) is 9.94. The van der Waals surface area contributed by atoms with Crippen LogP contribution >= 0.6 is 0 Å². The van der Waals surface area contributed by atoms with Crippen LogP contribution in [0.1, 0.15) is 38.7 Å². The lowest BCUT2D eigenvalue weighted by atomic mass is 9.78. The molecule has 1 aromatic heterocycles. The van der Waals surface area contributed by atoms with E-state index in [-0.39, 0.29) is 58.9 Å². The van der Waals surface area contributed by atoms with Crippen LogP contribution in [0.2, 0.25) is 0 Å². The van der Waals surface area contributed by atoms with E-state index in [9.17, 15) is 13.9 Å². The maximum absolute atomic E-state index is 16.9. The fourth-order valence-electron chi connectivity index (χ4n) is 7.66. The molecule has 3 saturated heterocycles. The van der Waals surface area contributed by atoms with Crippen molar-refractivity contribution < 1.29 is 27.4 Å². The van der Waals surface area contributed by atoms with Crippen LogP contribution in [0.4, 0.5) is 23.4 Å². The molecule has 242 valence electrons. The number of piperidine rings is 1. The molecule has 3 aromatic carbocycles. The number of aromatic nitrogens is 2. The van der Waals surface area contributed by atoms with Crippen molar-refractivity contribution in [3.05, 3.63) is 65.2 Å². The molecule has 3 fully saturated rings. The number of halogens is 4. The number of piperazine rings is 1. The fourth-order valence-corrected chi connectivity index (χ4v) is 7.66. The molecule has 0 unspecified atom stereocenters. The number of rotatable bonds is 6. The number of hydrogen-bond donors (Lipinski definition) is 2. The number of nitrogens with zero attached hydrogens (tertiary/aromatic N) is 4. The molecule has 3 atom stereocenters. The Morgan fingerprint density at radius 2 is 1.85 bits per heavy atom. The molecular formula is C35H37F4N5O2. The maximum atomic E-state index is 16.9. The van der Waals surface area contributed by atoms with E-state index in [0.29, 0.717) is 54.5 Å². The summed E-state index contributed by atoms with van der Waals surface area (Å²) in [5.41, 5.74) is -0.301. The Hall–Kier alpha value is -3.96. The molecule has 4 aromatic rings. The van der Waals surface area contributed by atoms with Crippen LogP contribution in [0.25, 0.3) is 32.8 Å². The maximum Gasteiger partial charge on any atom is 0.319 e. The molecule has 2 bridgehead atoms. The molecule has 4 heterocycles. The first kappa shape index (κ1) is 30.7. The lowest BCUT2D eigenvalue weighted by Crippen LogP contribution is -2.51. The fraction of sp³-hybridized carbons (Fsp3) is 0.429. The molecule has 3 aliphatic heterocycles. The number of phenols is 1. The van der Waals surface area contributed by atoms with E-state index < -0.39 is 28.4 Å². The van der Waals surface area contributed by atoms with E-state index in [1.54, 1.807) is 6.92 Å². The highest BCUT2D eigenvalue weighted by atomic mass is 19.1. The van der Waals surface area contributed by atoms with Gasteiger partial charge in [0, 0.05) is 49.1 Å². The zero-order valence-electron chi connectivity index (χ0n) is 26.1. The van der Waals surface area contributed by atoms with Gasteiger partial charge in [0.1, 0.15) is 35.3 Å². The van der Waals surface area contributed by atoms with Crippen LogP contribution in [0.3, 0.4) is 0 Å². The first-order chi connectivity index (χ1) is 22.1. The number of aryl methyl sites for hydroxylation is 1. The minimum absolute atomic E-state index is 0.0292. The second-order valence-corrected chi connectivity index (χ2v) is 13.3. The molecule has 2 N–H and O–H groups in total. The number of likely N-dealkylation sites (tertiary alicyclic amines) is 1. The van der Waals surface area contributed by atoms with Crippen LogP contribution in [0, 0.1) is 22.9 Å². The normalized spacial score (nSPS) is 24.4. The minimum Gasteiger partial charge on any atom is -0.508 e. The molecule has 11 heteroatoms. The summed E-state index contributed by atoms with van der Waals surface area (Å²) in [5.74, 6) is -2.19. The average molecular weight is 636 g/mol. The van der Waals surface area contributed by atoms with Gasteiger partial charge >= 0.3 is 6.01 Å². The molecule has 0 amide bonds. The van der Waals surface area contributed by atoms with Crippen LogP contribution in [-0.4, -0.2) is 71.9 Å². The predicted molar refractivity (Wildman–Crippen MR) is 170 cm³/mol. The molecule has 0 aliphatic carbocycles. The van der Waals surface area contributed by atoms with Gasteiger partial charge in [-0.1, -0.05) is 19.9 Å². The summed E-state index contributed by atoms with van der Waals surface area (Å²) >= 11 is 0. The number of benzene rings is 3. The van der Waals surface area contributed by atoms with Crippen LogP contribution in [0.15, 0.2) is 42.2 Å². The summed E-state index contributed by atoms with van der Waals surface area (Å²) in [4.78, 5) is 13.3. The Balaban J connectivity index is 1.41. The largest absolute Gasteiger partial charge is 0.508 e. The van der Waals surface area contributed by atoms with Gasteiger partial charge in [-0.3, -0.25) is 0 Å². The van der Waals surface area contributed by atoms with E-state index in [4.69, 9.17) is 9.72 Å². The van der Waals surface area contributed by atoms with E-state index in [1.807, 2.05) is 18.9 Å². The van der Waals surface area contributed by atoms with Gasteiger partial charge < -0.3 is 25.0 Å². The summed E-state index contributed by atoms with van der Waals surface area (Å²) in [7, 11) is 1.96. The summed E-state index contributed by atoms with van der Waals surface area (Å²) in [6.45, 7) is 6.20. The zero-order valence-corrected chi connectivity index (χ0v) is 26.1. The van der Waals surface area contributed by atoms with Gasteiger partial charge in [0.15, 0.2) is 5.82 Å². The number of nitrogens with one attached hydrogen (secondary N) is 1. The summed E-state index contributed by atoms with van der Waals surface area (Å²) in [5, 5.41) is 15.1. The van der Waals surface area contributed by atoms with Crippen molar-refractivity contribution in [2.75, 3.05) is 44.7 Å². The van der Waals surface area contributed by atoms with Crippen molar-refractivity contribution >= 4 is 27.5 Å². The average Bonchev–Trinajstić information content (AvgIpc) is 3.37. The summed E-state index contributed by atoms with van der Waals surface area (Å²) in [6.07, 6.45) is 3.45. The Kier molecular flexibility index (Phi) is 7.79. The molecule has 3 aliphatic rings. The topological polar surface area (TPSA) is 73.8 Å². The van der Waals surface area contributed by atoms with E-state index in [0.717, 1.165) is 19.4 Å². The molecule has 7 rings (SSSR count). The van der Waals surface area contributed by atoms with Crippen LogP contribution in [0.5, 0.6) is 11.8 Å². The number of anilines is 1. The highest BCUT2D eigenvalue weighted by Crippen LogP contribution is 2.42. The molecule has 0 spiro atoms. The van der Waals surface area contributed by atoms with Crippen molar-refractivity contribution in [2.24, 2.45) is 5.41 Å². The number of hydrogen-bond acceptors (Lipinski definition) is 7. The predicted octanol–water partition coefficient (Wildman–Crippen LogP) is 6.65. The Bertz CT molecular complexity index is 1870. The van der Waals surface area contributed by atoms with Gasteiger partial charge in [0.05, 0.1) is 11.9 Å². The van der Waals surface area contributed by atoms with Gasteiger partial charge in [-0.2, -0.15) is 9.97 Å². The quantitative estimate of drug-likeness (QED) is 0.230. The van der Waals surface area contributed by atoms with E-state index in [2.05, 4.69) is 15.2 Å². The second kappa shape index (κ2) is 11.7. The molecule has 0 saturated carbocycles. The van der Waals surface area contributed by atoms with Crippen molar-refractivity contribution in [1.29, 1.82) is 0 Å². The van der Waals surface area contributed by atoms with E-state index >= 15 is 8.78 Å². The Labute approximate surface area is 264 Å². The smallest absolute Gasteiger partial charge is 0.319 e. The highest BCUT2D eigenvalue weighted by molar-refractivity contribution is 6.03. The minimum atomic E-state index is -0.965. The molecule has 0 radical (unpaired) electrons. The second-order valence-electron chi connectivity index (χ2n) is 13.3. The standard InChI is InChI=1S/C35H37F4N5O2/c1-4-24-27(37)8-5-19-11-23(45)12-25(29(19)24)30-28(38)13-26-32(31(30)39)41-34(42-33(26)44-15-21-6-7-22(16-44)40-21)46-18-35(2)17-43(3)10-9-20(35)14-36/h5,8,11-14,21-22,40,45H,4,6-7,9-10,15-18H2,1-3H3/b20-14+/t21-,22+,35-/m0/s1. The van der Waals surface area contributed by atoms with E-state index in [1.165, 1.54) is 30.3 Å². The monoisotopic (exact) mass is 635 g/mol.